The van der Waals surface area contributed by atoms with Crippen LogP contribution in [0.2, 0.25) is 0 Å². The van der Waals surface area contributed by atoms with Crippen LogP contribution in [0.15, 0.2) is 6.07 Å². The van der Waals surface area contributed by atoms with Crippen LogP contribution >= 0.6 is 0 Å². The van der Waals surface area contributed by atoms with E-state index in [1.165, 1.54) is 7.11 Å². The first-order valence-electron chi connectivity index (χ1n) is 5.27. The number of rotatable bonds is 4. The van der Waals surface area contributed by atoms with Gasteiger partial charge in [-0.15, -0.1) is 6.42 Å². The maximum absolute atomic E-state index is 11.3. The van der Waals surface area contributed by atoms with E-state index in [2.05, 4.69) is 25.9 Å². The standard InChI is InChI=1S/C12H15N3O2/c1-5-9(6-2)14-10-7-8(3)13-11(15-10)12(16)17-4/h1,7,9H,6H2,2-4H3,(H,13,14,15). The van der Waals surface area contributed by atoms with Gasteiger partial charge in [-0.1, -0.05) is 12.8 Å². The van der Waals surface area contributed by atoms with Crippen LogP contribution in [-0.2, 0) is 4.74 Å². The molecule has 0 amide bonds. The average molecular weight is 233 g/mol. The fraction of sp³-hybridized carbons (Fsp3) is 0.417. The second-order valence-corrected chi connectivity index (χ2v) is 3.48. The van der Waals surface area contributed by atoms with Crippen LogP contribution in [0, 0.1) is 19.3 Å². The van der Waals surface area contributed by atoms with Gasteiger partial charge in [-0.25, -0.2) is 14.8 Å². The average Bonchev–Trinajstić information content (AvgIpc) is 2.34. The van der Waals surface area contributed by atoms with Crippen molar-refractivity contribution in [2.45, 2.75) is 26.3 Å². The van der Waals surface area contributed by atoms with Crippen molar-refractivity contribution >= 4 is 11.8 Å². The molecule has 0 bridgehead atoms. The predicted molar refractivity (Wildman–Crippen MR) is 64.6 cm³/mol. The summed E-state index contributed by atoms with van der Waals surface area (Å²) in [5.74, 6) is 2.59. The number of anilines is 1. The van der Waals surface area contributed by atoms with Gasteiger partial charge in [0.2, 0.25) is 5.82 Å². The molecule has 1 N–H and O–H groups in total. The second kappa shape index (κ2) is 5.85. The molecule has 1 unspecified atom stereocenters. The van der Waals surface area contributed by atoms with Crippen LogP contribution in [0.5, 0.6) is 0 Å². The lowest BCUT2D eigenvalue weighted by molar-refractivity contribution is 0.0586. The third-order valence-corrected chi connectivity index (χ3v) is 2.15. The molecule has 17 heavy (non-hydrogen) atoms. The molecule has 5 nitrogen and oxygen atoms in total. The van der Waals surface area contributed by atoms with Crippen molar-refractivity contribution in [1.29, 1.82) is 0 Å². The minimum absolute atomic E-state index is 0.0295. The van der Waals surface area contributed by atoms with Gasteiger partial charge in [0.1, 0.15) is 5.82 Å². The Morgan fingerprint density at radius 2 is 2.35 bits per heavy atom. The zero-order valence-electron chi connectivity index (χ0n) is 10.2. The van der Waals surface area contributed by atoms with Crippen molar-refractivity contribution in [3.8, 4) is 12.3 Å². The molecule has 0 fully saturated rings. The highest BCUT2D eigenvalue weighted by atomic mass is 16.5. The van der Waals surface area contributed by atoms with Crippen LogP contribution in [-0.4, -0.2) is 29.1 Å². The minimum atomic E-state index is -0.564. The van der Waals surface area contributed by atoms with Crippen LogP contribution < -0.4 is 5.32 Å². The maximum Gasteiger partial charge on any atom is 0.376 e. The third kappa shape index (κ3) is 3.45. The Morgan fingerprint density at radius 3 is 2.88 bits per heavy atom. The first-order chi connectivity index (χ1) is 8.10. The molecule has 1 rings (SSSR count). The molecule has 0 saturated carbocycles. The van der Waals surface area contributed by atoms with Gasteiger partial charge in [0.25, 0.3) is 0 Å². The zero-order valence-corrected chi connectivity index (χ0v) is 10.2. The Labute approximate surface area is 101 Å². The van der Waals surface area contributed by atoms with E-state index in [0.29, 0.717) is 11.5 Å². The lowest BCUT2D eigenvalue weighted by Crippen LogP contribution is -2.18. The maximum atomic E-state index is 11.3. The Kier molecular flexibility index (Phi) is 4.46. The van der Waals surface area contributed by atoms with E-state index >= 15 is 0 Å². The first kappa shape index (κ1) is 13.0. The number of hydrogen-bond acceptors (Lipinski definition) is 5. The van der Waals surface area contributed by atoms with Crippen LogP contribution in [0.25, 0.3) is 0 Å². The van der Waals surface area contributed by atoms with E-state index in [0.717, 1.165) is 6.42 Å². The SMILES string of the molecule is C#CC(CC)Nc1cc(C)nc(C(=O)OC)n1. The highest BCUT2D eigenvalue weighted by molar-refractivity contribution is 5.85. The van der Waals surface area contributed by atoms with Gasteiger partial charge in [0, 0.05) is 11.8 Å². The molecule has 0 aromatic carbocycles. The Bertz CT molecular complexity index is 452. The van der Waals surface area contributed by atoms with Gasteiger partial charge in [-0.05, 0) is 13.3 Å². The van der Waals surface area contributed by atoms with Gasteiger partial charge in [-0.2, -0.15) is 0 Å². The predicted octanol–water partition coefficient (Wildman–Crippen LogP) is 1.40. The molecule has 5 heteroatoms. The number of carbonyl (C=O) groups excluding carboxylic acids is 1. The molecule has 0 radical (unpaired) electrons. The number of esters is 1. The van der Waals surface area contributed by atoms with Gasteiger partial charge >= 0.3 is 5.97 Å². The fourth-order valence-electron chi connectivity index (χ4n) is 1.27. The van der Waals surface area contributed by atoms with Crippen LogP contribution in [0.3, 0.4) is 0 Å². The number of carbonyl (C=O) groups is 1. The second-order valence-electron chi connectivity index (χ2n) is 3.48. The highest BCUT2D eigenvalue weighted by Gasteiger charge is 2.12. The van der Waals surface area contributed by atoms with E-state index in [-0.39, 0.29) is 11.9 Å². The summed E-state index contributed by atoms with van der Waals surface area (Å²) in [7, 11) is 1.29. The van der Waals surface area contributed by atoms with Crippen LogP contribution in [0.4, 0.5) is 5.82 Å². The molecular formula is C12H15N3O2. The van der Waals surface area contributed by atoms with E-state index in [9.17, 15) is 4.79 Å². The molecule has 0 spiro atoms. The normalized spacial score (nSPS) is 11.4. The number of nitrogens with one attached hydrogen (secondary N) is 1. The topological polar surface area (TPSA) is 64.1 Å². The monoisotopic (exact) mass is 233 g/mol. The molecule has 1 atom stereocenters. The summed E-state index contributed by atoms with van der Waals surface area (Å²) >= 11 is 0. The van der Waals surface area contributed by atoms with Crippen molar-refractivity contribution in [1.82, 2.24) is 9.97 Å². The van der Waals surface area contributed by atoms with Crippen molar-refractivity contribution in [2.24, 2.45) is 0 Å². The molecule has 1 heterocycles. The van der Waals surface area contributed by atoms with E-state index in [1.807, 2.05) is 6.92 Å². The smallest absolute Gasteiger partial charge is 0.376 e. The van der Waals surface area contributed by atoms with Gasteiger partial charge < -0.3 is 10.1 Å². The number of ether oxygens (including phenoxy) is 1. The summed E-state index contributed by atoms with van der Waals surface area (Å²) in [6.07, 6.45) is 6.12. The molecule has 0 aliphatic heterocycles. The summed E-state index contributed by atoms with van der Waals surface area (Å²) in [6.45, 7) is 3.74. The molecule has 1 aromatic heterocycles. The van der Waals surface area contributed by atoms with Gasteiger partial charge in [0.05, 0.1) is 13.2 Å². The number of methoxy groups -OCH3 is 1. The highest BCUT2D eigenvalue weighted by Crippen LogP contribution is 2.09. The molecular weight excluding hydrogens is 218 g/mol. The summed E-state index contributed by atoms with van der Waals surface area (Å²) in [5.41, 5.74) is 0.676. The van der Waals surface area contributed by atoms with E-state index in [4.69, 9.17) is 6.42 Å². The molecule has 90 valence electrons. The summed E-state index contributed by atoms with van der Waals surface area (Å²) in [6, 6.07) is 1.61. The van der Waals surface area contributed by atoms with Crippen molar-refractivity contribution in [3.05, 3.63) is 17.6 Å². The fourth-order valence-corrected chi connectivity index (χ4v) is 1.27. The van der Waals surface area contributed by atoms with E-state index in [1.54, 1.807) is 13.0 Å². The Balaban J connectivity index is 2.98. The lowest BCUT2D eigenvalue weighted by atomic mass is 10.2. The summed E-state index contributed by atoms with van der Waals surface area (Å²) in [4.78, 5) is 19.4. The molecule has 0 saturated heterocycles. The summed E-state index contributed by atoms with van der Waals surface area (Å²) < 4.78 is 4.57. The van der Waals surface area contributed by atoms with Crippen molar-refractivity contribution in [3.63, 3.8) is 0 Å². The number of nitrogens with zero attached hydrogens (tertiary/aromatic N) is 2. The zero-order chi connectivity index (χ0) is 12.8. The minimum Gasteiger partial charge on any atom is -0.463 e. The van der Waals surface area contributed by atoms with Crippen LogP contribution in [0.1, 0.15) is 29.7 Å². The summed E-state index contributed by atoms with van der Waals surface area (Å²) in [5, 5.41) is 3.04. The number of aryl methyl sites for hydroxylation is 1. The molecule has 0 aliphatic rings. The number of hydrogen-bond donors (Lipinski definition) is 1. The lowest BCUT2D eigenvalue weighted by Gasteiger charge is -2.12. The largest absolute Gasteiger partial charge is 0.463 e. The van der Waals surface area contributed by atoms with E-state index < -0.39 is 5.97 Å². The van der Waals surface area contributed by atoms with Gasteiger partial charge in [-0.3, -0.25) is 0 Å². The van der Waals surface area contributed by atoms with Gasteiger partial charge in [0.15, 0.2) is 0 Å². The van der Waals surface area contributed by atoms with Crippen molar-refractivity contribution in [2.75, 3.05) is 12.4 Å². The first-order valence-corrected chi connectivity index (χ1v) is 5.27. The Morgan fingerprint density at radius 1 is 1.65 bits per heavy atom. The Hall–Kier alpha value is -2.09. The molecule has 0 aliphatic carbocycles. The van der Waals surface area contributed by atoms with Crippen molar-refractivity contribution < 1.29 is 9.53 Å². The third-order valence-electron chi connectivity index (χ3n) is 2.15. The quantitative estimate of drug-likeness (QED) is 0.629. The number of aromatic nitrogens is 2. The number of terminal acetylenes is 1. The molecule has 1 aromatic rings.